The van der Waals surface area contributed by atoms with Crippen LogP contribution in [-0.4, -0.2) is 61.4 Å². The molecule has 0 radical (unpaired) electrons. The Morgan fingerprint density at radius 3 is 2.64 bits per heavy atom. The second kappa shape index (κ2) is 8.49. The number of carbonyl (C=O) groups excluding carboxylic acids is 1. The summed E-state index contributed by atoms with van der Waals surface area (Å²) >= 11 is 0. The van der Waals surface area contributed by atoms with Gasteiger partial charge in [-0.05, 0) is 37.0 Å². The van der Waals surface area contributed by atoms with Gasteiger partial charge in [-0.15, -0.1) is 0 Å². The third-order valence-electron chi connectivity index (χ3n) is 5.96. The van der Waals surface area contributed by atoms with E-state index in [4.69, 9.17) is 9.47 Å². The van der Waals surface area contributed by atoms with E-state index in [2.05, 4.69) is 20.8 Å². The summed E-state index contributed by atoms with van der Waals surface area (Å²) in [5, 5.41) is 9.50. The first-order valence-corrected chi connectivity index (χ1v) is 9.41. The Kier molecular flexibility index (Phi) is 6.86. The largest absolute Gasteiger partial charge is 0.481 e. The normalized spacial score (nSPS) is 33.0. The molecule has 0 spiro atoms. The number of nitrogens with zero attached hydrogens (tertiary/aromatic N) is 1. The minimum Gasteiger partial charge on any atom is -0.481 e. The second-order valence-corrected chi connectivity index (χ2v) is 8.26. The Labute approximate surface area is 150 Å². The van der Waals surface area contributed by atoms with E-state index in [1.165, 1.54) is 13.5 Å². The van der Waals surface area contributed by atoms with Crippen LogP contribution < -0.4 is 0 Å². The first-order valence-electron chi connectivity index (χ1n) is 9.41. The minimum atomic E-state index is -0.982. The molecule has 1 heterocycles. The van der Waals surface area contributed by atoms with Crippen LogP contribution in [0.5, 0.6) is 0 Å². The van der Waals surface area contributed by atoms with Crippen LogP contribution in [0.2, 0.25) is 0 Å². The van der Waals surface area contributed by atoms with E-state index in [0.29, 0.717) is 30.7 Å². The predicted octanol–water partition coefficient (Wildman–Crippen LogP) is 2.41. The van der Waals surface area contributed by atoms with Gasteiger partial charge < -0.3 is 19.5 Å². The Morgan fingerprint density at radius 2 is 2.04 bits per heavy atom. The van der Waals surface area contributed by atoms with E-state index in [1.54, 1.807) is 4.90 Å². The van der Waals surface area contributed by atoms with E-state index in [-0.39, 0.29) is 31.8 Å². The second-order valence-electron chi connectivity index (χ2n) is 8.26. The molecule has 4 unspecified atom stereocenters. The molecule has 1 saturated carbocycles. The molecule has 0 bridgehead atoms. The quantitative estimate of drug-likeness (QED) is 0.759. The zero-order valence-corrected chi connectivity index (χ0v) is 16.0. The van der Waals surface area contributed by atoms with Crippen LogP contribution in [0.4, 0.5) is 0 Å². The van der Waals surface area contributed by atoms with Crippen LogP contribution in [-0.2, 0) is 19.1 Å². The van der Waals surface area contributed by atoms with Crippen LogP contribution in [0.3, 0.4) is 0 Å². The van der Waals surface area contributed by atoms with Crippen LogP contribution in [0, 0.1) is 23.2 Å². The van der Waals surface area contributed by atoms with E-state index >= 15 is 0 Å². The summed E-state index contributed by atoms with van der Waals surface area (Å²) in [6, 6.07) is 0. The molecule has 0 aromatic carbocycles. The van der Waals surface area contributed by atoms with Crippen molar-refractivity contribution in [2.45, 2.75) is 52.6 Å². The van der Waals surface area contributed by atoms with Crippen molar-refractivity contribution in [3.63, 3.8) is 0 Å². The van der Waals surface area contributed by atoms with Crippen LogP contribution in [0.25, 0.3) is 0 Å². The maximum atomic E-state index is 12.5. The van der Waals surface area contributed by atoms with E-state index in [1.807, 2.05) is 0 Å². The fourth-order valence-electron chi connectivity index (χ4n) is 4.29. The molecule has 1 amide bonds. The molecule has 2 rings (SSSR count). The summed E-state index contributed by atoms with van der Waals surface area (Å²) in [5.74, 6) is 0.657. The highest BCUT2D eigenvalue weighted by Crippen LogP contribution is 2.36. The first kappa shape index (κ1) is 20.2. The summed E-state index contributed by atoms with van der Waals surface area (Å²) in [5.41, 5.74) is -0.982. The molecule has 2 fully saturated rings. The van der Waals surface area contributed by atoms with E-state index < -0.39 is 11.4 Å². The molecule has 6 nitrogen and oxygen atoms in total. The summed E-state index contributed by atoms with van der Waals surface area (Å²) in [7, 11) is 1.49. The van der Waals surface area contributed by atoms with Crippen LogP contribution >= 0.6 is 0 Å². The van der Waals surface area contributed by atoms with Gasteiger partial charge in [0.15, 0.2) is 0 Å². The number of aliphatic carboxylic acids is 1. The lowest BCUT2D eigenvalue weighted by atomic mass is 9.75. The minimum absolute atomic E-state index is 0.0449. The topological polar surface area (TPSA) is 76.1 Å². The highest BCUT2D eigenvalue weighted by molar-refractivity contribution is 5.81. The Hall–Kier alpha value is -1.14. The molecule has 6 heteroatoms. The van der Waals surface area contributed by atoms with Crippen molar-refractivity contribution in [1.82, 2.24) is 4.90 Å². The van der Waals surface area contributed by atoms with Gasteiger partial charge in [0.05, 0.1) is 12.7 Å². The van der Waals surface area contributed by atoms with Gasteiger partial charge in [0, 0.05) is 20.2 Å². The number of ether oxygens (including phenoxy) is 2. The molecule has 1 saturated heterocycles. The standard InChI is InChI=1S/C19H33NO5/c1-13(2)15-6-5-14(3)9-16(15)25-10-17(21)20-8-7-19(11-20,12-24-4)18(22)23/h13-16H,5-12H2,1-4H3,(H,22,23). The maximum absolute atomic E-state index is 12.5. The third kappa shape index (κ3) is 4.73. The monoisotopic (exact) mass is 355 g/mol. The Morgan fingerprint density at radius 1 is 1.32 bits per heavy atom. The summed E-state index contributed by atoms with van der Waals surface area (Å²) < 4.78 is 11.1. The molecule has 1 aliphatic carbocycles. The van der Waals surface area contributed by atoms with Gasteiger partial charge in [-0.3, -0.25) is 9.59 Å². The fraction of sp³-hybridized carbons (Fsp3) is 0.895. The van der Waals surface area contributed by atoms with Gasteiger partial charge in [-0.2, -0.15) is 0 Å². The SMILES string of the molecule is COCC1(C(=O)O)CCN(C(=O)COC2CC(C)CCC2C(C)C)C1. The zero-order chi connectivity index (χ0) is 18.6. The Bertz CT molecular complexity index is 480. The number of rotatable bonds is 7. The number of carbonyl (C=O) groups is 2. The van der Waals surface area contributed by atoms with E-state index in [9.17, 15) is 14.7 Å². The van der Waals surface area contributed by atoms with Crippen molar-refractivity contribution < 1.29 is 24.2 Å². The smallest absolute Gasteiger partial charge is 0.313 e. The van der Waals surface area contributed by atoms with Gasteiger partial charge >= 0.3 is 5.97 Å². The molecule has 0 aromatic rings. The molecule has 25 heavy (non-hydrogen) atoms. The van der Waals surface area contributed by atoms with Gasteiger partial charge in [-0.1, -0.05) is 27.2 Å². The van der Waals surface area contributed by atoms with Gasteiger partial charge in [0.1, 0.15) is 12.0 Å². The summed E-state index contributed by atoms with van der Waals surface area (Å²) in [6.45, 7) is 7.49. The van der Waals surface area contributed by atoms with Crippen molar-refractivity contribution in [3.8, 4) is 0 Å². The number of carboxylic acid groups (broad SMARTS) is 1. The van der Waals surface area contributed by atoms with Gasteiger partial charge in [0.25, 0.3) is 0 Å². The number of amides is 1. The third-order valence-corrected chi connectivity index (χ3v) is 5.96. The maximum Gasteiger partial charge on any atom is 0.313 e. The molecular formula is C19H33NO5. The molecule has 0 aromatic heterocycles. The molecule has 144 valence electrons. The van der Waals surface area contributed by atoms with Crippen LogP contribution in [0.15, 0.2) is 0 Å². The number of hydrogen-bond acceptors (Lipinski definition) is 4. The molecule has 4 atom stereocenters. The Balaban J connectivity index is 1.90. The lowest BCUT2D eigenvalue weighted by Crippen LogP contribution is -2.42. The number of methoxy groups -OCH3 is 1. The lowest BCUT2D eigenvalue weighted by Gasteiger charge is -2.37. The van der Waals surface area contributed by atoms with Crippen molar-refractivity contribution in [2.24, 2.45) is 23.2 Å². The fourth-order valence-corrected chi connectivity index (χ4v) is 4.29. The summed E-state index contributed by atoms with van der Waals surface area (Å²) in [6.07, 6.45) is 3.92. The zero-order valence-electron chi connectivity index (χ0n) is 16.0. The molecule has 1 N–H and O–H groups in total. The van der Waals surface area contributed by atoms with Crippen LogP contribution in [0.1, 0.15) is 46.5 Å². The van der Waals surface area contributed by atoms with Crippen molar-refractivity contribution in [1.29, 1.82) is 0 Å². The van der Waals surface area contributed by atoms with Crippen molar-refractivity contribution in [2.75, 3.05) is 33.4 Å². The lowest BCUT2D eigenvalue weighted by molar-refractivity contribution is -0.152. The number of hydrogen-bond donors (Lipinski definition) is 1. The molecule has 1 aliphatic heterocycles. The first-order chi connectivity index (χ1) is 11.8. The van der Waals surface area contributed by atoms with Crippen molar-refractivity contribution in [3.05, 3.63) is 0 Å². The van der Waals surface area contributed by atoms with E-state index in [0.717, 1.165) is 12.8 Å². The molecular weight excluding hydrogens is 322 g/mol. The highest BCUT2D eigenvalue weighted by atomic mass is 16.5. The summed E-state index contributed by atoms with van der Waals surface area (Å²) in [4.78, 5) is 25.7. The van der Waals surface area contributed by atoms with Gasteiger partial charge in [0.2, 0.25) is 5.91 Å². The predicted molar refractivity (Wildman–Crippen MR) is 94.2 cm³/mol. The number of carboxylic acids is 1. The highest BCUT2D eigenvalue weighted by Gasteiger charge is 2.46. The average Bonchev–Trinajstić information content (AvgIpc) is 2.98. The average molecular weight is 355 g/mol. The number of likely N-dealkylation sites (tertiary alicyclic amines) is 1. The molecule has 2 aliphatic rings. The van der Waals surface area contributed by atoms with Crippen molar-refractivity contribution >= 4 is 11.9 Å². The van der Waals surface area contributed by atoms with Gasteiger partial charge in [-0.25, -0.2) is 0 Å².